The van der Waals surface area contributed by atoms with Crippen molar-refractivity contribution in [2.45, 2.75) is 46.2 Å². The van der Waals surface area contributed by atoms with Gasteiger partial charge in [0.15, 0.2) is 0 Å². The molecule has 158 valence electrons. The molecule has 0 aliphatic heterocycles. The number of hydrogen-bond donors (Lipinski definition) is 1. The predicted octanol–water partition coefficient (Wildman–Crippen LogP) is 3.73. The molecule has 0 saturated heterocycles. The van der Waals surface area contributed by atoms with Gasteiger partial charge in [-0.1, -0.05) is 25.1 Å². The molecule has 0 aliphatic rings. The van der Waals surface area contributed by atoms with Gasteiger partial charge in [-0.2, -0.15) is 0 Å². The summed E-state index contributed by atoms with van der Waals surface area (Å²) in [5.74, 6) is 0.387. The largest absolute Gasteiger partial charge is 0.497 e. The Kier molecular flexibility index (Phi) is 7.30. The summed E-state index contributed by atoms with van der Waals surface area (Å²) in [6.07, 6.45) is 1.79. The molecule has 0 heterocycles. The number of carbonyl (C=O) groups excluding carboxylic acids is 1. The molecular weight excluding hydrogens is 388 g/mol. The van der Waals surface area contributed by atoms with Gasteiger partial charge in [-0.05, 0) is 68.1 Å². The van der Waals surface area contributed by atoms with Crippen molar-refractivity contribution in [3.8, 4) is 5.75 Å². The van der Waals surface area contributed by atoms with Crippen LogP contribution in [-0.4, -0.2) is 33.7 Å². The summed E-state index contributed by atoms with van der Waals surface area (Å²) in [6, 6.07) is 11.7. The second kappa shape index (κ2) is 9.31. The Labute approximate surface area is 173 Å². The Morgan fingerprint density at radius 3 is 2.21 bits per heavy atom. The smallest absolute Gasteiger partial charge is 0.244 e. The molecule has 2 aromatic carbocycles. The van der Waals surface area contributed by atoms with Crippen LogP contribution >= 0.6 is 0 Å². The van der Waals surface area contributed by atoms with Gasteiger partial charge in [0.05, 0.1) is 25.1 Å². The lowest BCUT2D eigenvalue weighted by Crippen LogP contribution is -2.48. The Morgan fingerprint density at radius 2 is 1.72 bits per heavy atom. The van der Waals surface area contributed by atoms with Crippen molar-refractivity contribution in [2.75, 3.05) is 17.7 Å². The van der Waals surface area contributed by atoms with Crippen LogP contribution in [0.3, 0.4) is 0 Å². The fraction of sp³-hybridized carbons (Fsp3) is 0.409. The van der Waals surface area contributed by atoms with E-state index in [1.54, 1.807) is 26.2 Å². The minimum atomic E-state index is -3.65. The highest BCUT2D eigenvalue weighted by molar-refractivity contribution is 7.92. The monoisotopic (exact) mass is 418 g/mol. The summed E-state index contributed by atoms with van der Waals surface area (Å²) < 4.78 is 31.4. The van der Waals surface area contributed by atoms with Gasteiger partial charge in [-0.25, -0.2) is 8.42 Å². The van der Waals surface area contributed by atoms with E-state index in [2.05, 4.69) is 5.32 Å². The molecule has 0 fully saturated rings. The minimum Gasteiger partial charge on any atom is -0.497 e. The van der Waals surface area contributed by atoms with Crippen LogP contribution in [0.25, 0.3) is 0 Å². The highest BCUT2D eigenvalue weighted by Gasteiger charge is 2.30. The van der Waals surface area contributed by atoms with Crippen molar-refractivity contribution in [2.24, 2.45) is 0 Å². The Balaban J connectivity index is 2.28. The van der Waals surface area contributed by atoms with Crippen molar-refractivity contribution in [1.82, 2.24) is 5.32 Å². The van der Waals surface area contributed by atoms with Crippen LogP contribution in [0, 0.1) is 13.8 Å². The second-order valence-corrected chi connectivity index (χ2v) is 9.11. The number of benzene rings is 2. The lowest BCUT2D eigenvalue weighted by atomic mass is 10.0. The van der Waals surface area contributed by atoms with E-state index in [1.165, 1.54) is 4.31 Å². The summed E-state index contributed by atoms with van der Waals surface area (Å²) in [6.45, 7) is 7.45. The standard InChI is InChI=1S/C22H30N2O4S/c1-7-21(18-9-12-20(28-5)13-10-18)23-22(25)17(4)24(29(6,26)27)19-11-8-15(2)16(3)14-19/h8-14,17,21H,7H2,1-6H3,(H,23,25). The number of rotatable bonds is 8. The lowest BCUT2D eigenvalue weighted by molar-refractivity contribution is -0.122. The maximum absolute atomic E-state index is 13.0. The van der Waals surface area contributed by atoms with Gasteiger partial charge >= 0.3 is 0 Å². The molecule has 2 unspecified atom stereocenters. The Morgan fingerprint density at radius 1 is 1.10 bits per heavy atom. The van der Waals surface area contributed by atoms with Crippen molar-refractivity contribution < 1.29 is 17.9 Å². The molecule has 0 aromatic heterocycles. The molecule has 2 atom stereocenters. The molecule has 2 rings (SSSR count). The van der Waals surface area contributed by atoms with Gasteiger partial charge in [0, 0.05) is 0 Å². The zero-order valence-electron chi connectivity index (χ0n) is 17.9. The number of anilines is 1. The number of amides is 1. The quantitative estimate of drug-likeness (QED) is 0.709. The summed E-state index contributed by atoms with van der Waals surface area (Å²) in [7, 11) is -2.05. The van der Waals surface area contributed by atoms with E-state index in [0.717, 1.165) is 28.7 Å². The van der Waals surface area contributed by atoms with Gasteiger partial charge in [0.1, 0.15) is 11.8 Å². The predicted molar refractivity (Wildman–Crippen MR) is 117 cm³/mol. The number of nitrogens with one attached hydrogen (secondary N) is 1. The molecule has 0 spiro atoms. The highest BCUT2D eigenvalue weighted by atomic mass is 32.2. The van der Waals surface area contributed by atoms with E-state index >= 15 is 0 Å². The topological polar surface area (TPSA) is 75.7 Å². The van der Waals surface area contributed by atoms with E-state index in [-0.39, 0.29) is 11.9 Å². The third-order valence-corrected chi connectivity index (χ3v) is 6.32. The molecule has 29 heavy (non-hydrogen) atoms. The van der Waals surface area contributed by atoms with Gasteiger partial charge in [-0.15, -0.1) is 0 Å². The number of aryl methyl sites for hydroxylation is 2. The number of carbonyl (C=O) groups is 1. The molecule has 0 saturated carbocycles. The molecule has 6 nitrogen and oxygen atoms in total. The van der Waals surface area contributed by atoms with Gasteiger partial charge < -0.3 is 10.1 Å². The van der Waals surface area contributed by atoms with E-state index in [4.69, 9.17) is 4.74 Å². The molecule has 0 bridgehead atoms. The van der Waals surface area contributed by atoms with E-state index in [9.17, 15) is 13.2 Å². The number of nitrogens with zero attached hydrogens (tertiary/aromatic N) is 1. The third-order valence-electron chi connectivity index (χ3n) is 5.08. The van der Waals surface area contributed by atoms with Crippen LogP contribution in [0.2, 0.25) is 0 Å². The van der Waals surface area contributed by atoms with Crippen LogP contribution in [0.5, 0.6) is 5.75 Å². The van der Waals surface area contributed by atoms with Crippen LogP contribution in [0.1, 0.15) is 43.0 Å². The van der Waals surface area contributed by atoms with Crippen molar-refractivity contribution >= 4 is 21.6 Å². The fourth-order valence-electron chi connectivity index (χ4n) is 3.22. The minimum absolute atomic E-state index is 0.225. The first-order chi connectivity index (χ1) is 13.6. The molecular formula is C22H30N2O4S. The second-order valence-electron chi connectivity index (χ2n) is 7.25. The highest BCUT2D eigenvalue weighted by Crippen LogP contribution is 2.25. The number of hydrogen-bond acceptors (Lipinski definition) is 4. The van der Waals surface area contributed by atoms with Gasteiger partial charge in [0.25, 0.3) is 0 Å². The molecule has 0 radical (unpaired) electrons. The van der Waals surface area contributed by atoms with Crippen molar-refractivity contribution in [1.29, 1.82) is 0 Å². The first-order valence-electron chi connectivity index (χ1n) is 9.59. The summed E-state index contributed by atoms with van der Waals surface area (Å²) in [5, 5.41) is 2.98. The molecule has 2 aromatic rings. The average molecular weight is 419 g/mol. The fourth-order valence-corrected chi connectivity index (χ4v) is 4.39. The number of sulfonamides is 1. The maximum atomic E-state index is 13.0. The number of methoxy groups -OCH3 is 1. The Bertz CT molecular complexity index is 955. The maximum Gasteiger partial charge on any atom is 0.244 e. The zero-order chi connectivity index (χ0) is 21.8. The van der Waals surface area contributed by atoms with Crippen LogP contribution in [0.15, 0.2) is 42.5 Å². The lowest BCUT2D eigenvalue weighted by Gasteiger charge is -2.30. The van der Waals surface area contributed by atoms with Crippen LogP contribution in [-0.2, 0) is 14.8 Å². The van der Waals surface area contributed by atoms with E-state index in [1.807, 2.05) is 51.1 Å². The molecule has 1 N–H and O–H groups in total. The SMILES string of the molecule is CCC(NC(=O)C(C)N(c1ccc(C)c(C)c1)S(C)(=O)=O)c1ccc(OC)cc1. The molecule has 0 aliphatic carbocycles. The van der Waals surface area contributed by atoms with Crippen molar-refractivity contribution in [3.63, 3.8) is 0 Å². The van der Waals surface area contributed by atoms with Crippen LogP contribution < -0.4 is 14.4 Å². The number of ether oxygens (including phenoxy) is 1. The first kappa shape index (κ1) is 22.7. The van der Waals surface area contributed by atoms with Crippen molar-refractivity contribution in [3.05, 3.63) is 59.2 Å². The molecule has 1 amide bonds. The van der Waals surface area contributed by atoms with Gasteiger partial charge in [-0.3, -0.25) is 9.10 Å². The summed E-state index contributed by atoms with van der Waals surface area (Å²) in [4.78, 5) is 13.0. The van der Waals surface area contributed by atoms with Gasteiger partial charge in [0.2, 0.25) is 15.9 Å². The van der Waals surface area contributed by atoms with Crippen LogP contribution in [0.4, 0.5) is 5.69 Å². The average Bonchev–Trinajstić information content (AvgIpc) is 2.67. The summed E-state index contributed by atoms with van der Waals surface area (Å²) in [5.41, 5.74) is 3.44. The third kappa shape index (κ3) is 5.50. The first-order valence-corrected chi connectivity index (χ1v) is 11.4. The zero-order valence-corrected chi connectivity index (χ0v) is 18.7. The Hall–Kier alpha value is -2.54. The van der Waals surface area contributed by atoms with E-state index in [0.29, 0.717) is 12.1 Å². The molecule has 7 heteroatoms. The van der Waals surface area contributed by atoms with E-state index < -0.39 is 16.1 Å². The normalized spacial score (nSPS) is 13.4. The summed E-state index contributed by atoms with van der Waals surface area (Å²) >= 11 is 0.